The van der Waals surface area contributed by atoms with E-state index in [0.717, 1.165) is 34.3 Å². The van der Waals surface area contributed by atoms with Crippen molar-refractivity contribution >= 4 is 58.4 Å². The van der Waals surface area contributed by atoms with Crippen LogP contribution in [0.2, 0.25) is 10.0 Å². The predicted molar refractivity (Wildman–Crippen MR) is 114 cm³/mol. The fourth-order valence-corrected chi connectivity index (χ4v) is 4.51. The number of thioether (sulfide) groups is 1. The highest BCUT2D eigenvalue weighted by Crippen LogP contribution is 2.40. The Bertz CT molecular complexity index is 792. The van der Waals surface area contributed by atoms with E-state index in [1.165, 1.54) is 11.8 Å². The molecule has 0 N–H and O–H groups in total. The molecule has 2 heterocycles. The Morgan fingerprint density at radius 1 is 1.35 bits per heavy atom. The Kier molecular flexibility index (Phi) is 6.60. The molecule has 0 radical (unpaired) electrons. The van der Waals surface area contributed by atoms with Crippen molar-refractivity contribution in [3.63, 3.8) is 0 Å². The van der Waals surface area contributed by atoms with Gasteiger partial charge in [0.15, 0.2) is 5.17 Å². The summed E-state index contributed by atoms with van der Waals surface area (Å²) < 4.78 is 0. The molecule has 0 unspecified atom stereocenters. The molecule has 0 bridgehead atoms. The van der Waals surface area contributed by atoms with Crippen LogP contribution >= 0.6 is 47.4 Å². The van der Waals surface area contributed by atoms with E-state index in [-0.39, 0.29) is 23.9 Å². The number of hydrogen-bond acceptors (Lipinski definition) is 4. The highest BCUT2D eigenvalue weighted by Gasteiger charge is 2.40. The van der Waals surface area contributed by atoms with E-state index in [1.54, 1.807) is 11.0 Å². The molecule has 0 atom stereocenters. The first-order valence-corrected chi connectivity index (χ1v) is 9.71. The molecule has 0 fully saturated rings. The summed E-state index contributed by atoms with van der Waals surface area (Å²) in [5.41, 5.74) is 1.98. The van der Waals surface area contributed by atoms with Crippen molar-refractivity contribution in [1.29, 1.82) is 0 Å². The third kappa shape index (κ3) is 4.33. The van der Waals surface area contributed by atoms with Gasteiger partial charge in [0.1, 0.15) is 0 Å². The molecule has 0 spiro atoms. The summed E-state index contributed by atoms with van der Waals surface area (Å²) in [7, 11) is 1.83. The van der Waals surface area contributed by atoms with Gasteiger partial charge in [-0.2, -0.15) is 0 Å². The average molecular weight is 435 g/mol. The van der Waals surface area contributed by atoms with E-state index < -0.39 is 0 Å². The average Bonchev–Trinajstić information content (AvgIpc) is 3.00. The van der Waals surface area contributed by atoms with Crippen molar-refractivity contribution < 1.29 is 4.79 Å². The monoisotopic (exact) mass is 433 g/mol. The highest BCUT2D eigenvalue weighted by molar-refractivity contribution is 8.18. The topological polar surface area (TPSA) is 35.9 Å². The van der Waals surface area contributed by atoms with Crippen LogP contribution in [0.1, 0.15) is 26.3 Å². The van der Waals surface area contributed by atoms with Gasteiger partial charge >= 0.3 is 0 Å². The van der Waals surface area contributed by atoms with Crippen LogP contribution < -0.4 is 0 Å². The molecule has 0 aromatic heterocycles. The molecule has 8 heteroatoms. The normalized spacial score (nSPS) is 17.8. The number of hydrogen-bond donors (Lipinski definition) is 0. The first-order valence-electron chi connectivity index (χ1n) is 8.13. The second-order valence-electron chi connectivity index (χ2n) is 7.03. The number of nitrogens with zero attached hydrogens (tertiary/aromatic N) is 3. The van der Waals surface area contributed by atoms with E-state index in [9.17, 15) is 4.79 Å². The first-order chi connectivity index (χ1) is 11.7. The van der Waals surface area contributed by atoms with Crippen molar-refractivity contribution in [2.24, 2.45) is 4.99 Å². The summed E-state index contributed by atoms with van der Waals surface area (Å²) >= 11 is 13.5. The minimum absolute atomic E-state index is 0. The molecule has 2 aliphatic heterocycles. The molecule has 4 nitrogen and oxygen atoms in total. The molecule has 1 aromatic rings. The number of amidine groups is 1. The van der Waals surface area contributed by atoms with Crippen LogP contribution in [0.25, 0.3) is 0 Å². The van der Waals surface area contributed by atoms with Gasteiger partial charge in [-0.25, -0.2) is 0 Å². The Morgan fingerprint density at radius 2 is 2.04 bits per heavy atom. The van der Waals surface area contributed by atoms with Crippen molar-refractivity contribution in [3.05, 3.63) is 44.4 Å². The number of carbonyl (C=O) groups is 1. The lowest BCUT2D eigenvalue weighted by Gasteiger charge is -2.20. The Morgan fingerprint density at radius 3 is 2.65 bits per heavy atom. The number of carbonyl (C=O) groups excluding carboxylic acids is 1. The van der Waals surface area contributed by atoms with Crippen LogP contribution in [-0.4, -0.2) is 46.6 Å². The SMILES string of the molecule is CC1=C(C(=O)N(C)CCc2ccc(Cl)c(Cl)c2)SC2=NC(C)(C)CN21.Cl. The van der Waals surface area contributed by atoms with E-state index >= 15 is 0 Å². The van der Waals surface area contributed by atoms with Crippen molar-refractivity contribution in [3.8, 4) is 0 Å². The third-order valence-electron chi connectivity index (χ3n) is 4.36. The van der Waals surface area contributed by atoms with E-state index in [4.69, 9.17) is 28.2 Å². The highest BCUT2D eigenvalue weighted by atomic mass is 35.5. The number of aliphatic imine (C=N–C) groups is 1. The van der Waals surface area contributed by atoms with Crippen molar-refractivity contribution in [1.82, 2.24) is 9.80 Å². The van der Waals surface area contributed by atoms with Gasteiger partial charge in [-0.1, -0.05) is 29.3 Å². The van der Waals surface area contributed by atoms with Gasteiger partial charge in [-0.05, 0) is 56.7 Å². The van der Waals surface area contributed by atoms with Crippen LogP contribution in [0, 0.1) is 0 Å². The number of allylic oxidation sites excluding steroid dienone is 1. The molecular formula is C18H22Cl3N3OS. The maximum absolute atomic E-state index is 12.8. The number of fused-ring (bicyclic) bond motifs is 1. The van der Waals surface area contributed by atoms with Gasteiger partial charge in [0, 0.05) is 25.8 Å². The Balaban J connectivity index is 0.00000243. The van der Waals surface area contributed by atoms with E-state index in [2.05, 4.69) is 18.7 Å². The van der Waals surface area contributed by atoms with Gasteiger partial charge in [0.2, 0.25) is 0 Å². The van der Waals surface area contributed by atoms with Crippen molar-refractivity contribution in [2.75, 3.05) is 20.1 Å². The number of likely N-dealkylation sites (N-methyl/N-ethyl adjacent to an activating group) is 1. The zero-order valence-electron chi connectivity index (χ0n) is 15.2. The van der Waals surface area contributed by atoms with Crippen LogP contribution in [0.4, 0.5) is 0 Å². The molecule has 3 rings (SSSR count). The van der Waals surface area contributed by atoms with Crippen LogP contribution in [0.3, 0.4) is 0 Å². The second kappa shape index (κ2) is 8.01. The predicted octanol–water partition coefficient (Wildman–Crippen LogP) is 4.84. The first kappa shape index (κ1) is 21.4. The fourth-order valence-electron chi connectivity index (χ4n) is 2.90. The quantitative estimate of drug-likeness (QED) is 0.680. The zero-order chi connectivity index (χ0) is 18.4. The number of amides is 1. The zero-order valence-corrected chi connectivity index (χ0v) is 18.3. The summed E-state index contributed by atoms with van der Waals surface area (Å²) in [6, 6.07) is 5.58. The van der Waals surface area contributed by atoms with Crippen LogP contribution in [-0.2, 0) is 11.2 Å². The van der Waals surface area contributed by atoms with Crippen LogP contribution in [0.5, 0.6) is 0 Å². The smallest absolute Gasteiger partial charge is 0.262 e. The van der Waals surface area contributed by atoms with E-state index in [0.29, 0.717) is 16.6 Å². The summed E-state index contributed by atoms with van der Waals surface area (Å²) in [5.74, 6) is 0.0393. The summed E-state index contributed by atoms with van der Waals surface area (Å²) in [4.78, 5) is 22.2. The van der Waals surface area contributed by atoms with Crippen LogP contribution in [0.15, 0.2) is 33.8 Å². The molecule has 1 aromatic carbocycles. The second-order valence-corrected chi connectivity index (χ2v) is 8.83. The molecule has 0 aliphatic carbocycles. The lowest BCUT2D eigenvalue weighted by atomic mass is 10.1. The molecule has 142 valence electrons. The lowest BCUT2D eigenvalue weighted by molar-refractivity contribution is -0.125. The molecule has 0 saturated carbocycles. The molecular weight excluding hydrogens is 413 g/mol. The van der Waals surface area contributed by atoms with Gasteiger partial charge < -0.3 is 9.80 Å². The molecule has 2 aliphatic rings. The summed E-state index contributed by atoms with van der Waals surface area (Å²) in [5, 5.41) is 2.02. The summed E-state index contributed by atoms with van der Waals surface area (Å²) in [6.07, 6.45) is 0.730. The van der Waals surface area contributed by atoms with Gasteiger partial charge in [-0.15, -0.1) is 12.4 Å². The van der Waals surface area contributed by atoms with E-state index in [1.807, 2.05) is 26.1 Å². The molecule has 0 saturated heterocycles. The van der Waals surface area contributed by atoms with Crippen molar-refractivity contribution in [2.45, 2.75) is 32.7 Å². The molecule has 1 amide bonds. The molecule has 26 heavy (non-hydrogen) atoms. The maximum atomic E-state index is 12.8. The number of benzene rings is 1. The van der Waals surface area contributed by atoms with Gasteiger partial charge in [0.25, 0.3) is 5.91 Å². The minimum atomic E-state index is -0.0854. The third-order valence-corrected chi connectivity index (χ3v) is 6.27. The van der Waals surface area contributed by atoms with Gasteiger partial charge in [-0.3, -0.25) is 9.79 Å². The van der Waals surface area contributed by atoms with Gasteiger partial charge in [0.05, 0.1) is 20.5 Å². The fraction of sp³-hybridized carbons (Fsp3) is 0.444. The Hall–Kier alpha value is -0.880. The largest absolute Gasteiger partial charge is 0.341 e. The number of halogens is 3. The standard InChI is InChI=1S/C18H21Cl2N3OS.ClH/c1-11-15(25-17-21-18(2,3)10-23(11)17)16(24)22(4)8-7-12-5-6-13(19)14(20)9-12;/h5-6,9H,7-8,10H2,1-4H3;1H. The maximum Gasteiger partial charge on any atom is 0.262 e. The Labute approximate surface area is 175 Å². The minimum Gasteiger partial charge on any atom is -0.341 e. The number of rotatable bonds is 4. The summed E-state index contributed by atoms with van der Waals surface area (Å²) in [6.45, 7) is 7.65. The lowest BCUT2D eigenvalue weighted by Crippen LogP contribution is -2.31.